The second kappa shape index (κ2) is 8.44. The van der Waals surface area contributed by atoms with Crippen LogP contribution in [0.3, 0.4) is 0 Å². The molecule has 0 saturated heterocycles. The molecule has 4 nitrogen and oxygen atoms in total. The van der Waals surface area contributed by atoms with Crippen molar-refractivity contribution in [2.45, 2.75) is 25.8 Å². The molecule has 0 amide bonds. The maximum atomic E-state index is 6.24. The highest BCUT2D eigenvalue weighted by molar-refractivity contribution is 5.86. The van der Waals surface area contributed by atoms with E-state index in [2.05, 4.69) is 97.5 Å². The second-order valence-corrected chi connectivity index (χ2v) is 9.84. The zero-order valence-electron chi connectivity index (χ0n) is 19.4. The minimum absolute atomic E-state index is 0.968. The molecule has 0 atom stereocenters. The van der Waals surface area contributed by atoms with Crippen LogP contribution >= 0.6 is 0 Å². The fourth-order valence-corrected chi connectivity index (χ4v) is 4.74. The van der Waals surface area contributed by atoms with Gasteiger partial charge in [0.15, 0.2) is 18.5 Å². The Morgan fingerprint density at radius 1 is 1.00 bits per heavy atom. The van der Waals surface area contributed by atoms with Crippen LogP contribution < -0.4 is 14.2 Å². The predicted octanol–water partition coefficient (Wildman–Crippen LogP) is 5.14. The number of anilines is 1. The van der Waals surface area contributed by atoms with E-state index in [4.69, 9.17) is 4.74 Å². The highest BCUT2D eigenvalue weighted by Gasteiger charge is 2.30. The van der Waals surface area contributed by atoms with E-state index >= 15 is 0 Å². The number of fused-ring (bicyclic) bond motifs is 4. The van der Waals surface area contributed by atoms with Gasteiger partial charge in [-0.3, -0.25) is 0 Å². The molecule has 1 aromatic heterocycles. The molecule has 0 bridgehead atoms. The molecule has 5 rings (SSSR count). The first-order chi connectivity index (χ1) is 15.5. The lowest BCUT2D eigenvalue weighted by Gasteiger charge is -2.25. The van der Waals surface area contributed by atoms with Gasteiger partial charge in [0.05, 0.1) is 45.2 Å². The topological polar surface area (TPSA) is 16.4 Å². The summed E-state index contributed by atoms with van der Waals surface area (Å²) in [4.78, 5) is 2.32. The summed E-state index contributed by atoms with van der Waals surface area (Å²) in [5.74, 6) is 1.97. The number of nitrogens with zero attached hydrogens (tertiary/aromatic N) is 3. The molecule has 0 spiro atoms. The van der Waals surface area contributed by atoms with Crippen molar-refractivity contribution in [1.82, 2.24) is 0 Å². The van der Waals surface area contributed by atoms with Gasteiger partial charge in [0.25, 0.3) is 0 Å². The molecular weight excluding hydrogens is 394 g/mol. The Labute approximate surface area is 191 Å². The van der Waals surface area contributed by atoms with Crippen LogP contribution in [0.4, 0.5) is 5.69 Å². The third kappa shape index (κ3) is 4.15. The average Bonchev–Trinajstić information content (AvgIpc) is 3.17. The molecular formula is C28H33N3O+2. The maximum absolute atomic E-state index is 6.24. The summed E-state index contributed by atoms with van der Waals surface area (Å²) >= 11 is 0. The molecule has 0 saturated carbocycles. The molecule has 0 fully saturated rings. The summed E-state index contributed by atoms with van der Waals surface area (Å²) in [6.45, 7) is 3.22. The molecule has 2 aromatic carbocycles. The lowest BCUT2D eigenvalue weighted by molar-refractivity contribution is -0.873. The Bertz CT molecular complexity index is 1200. The van der Waals surface area contributed by atoms with Crippen molar-refractivity contribution < 1.29 is 13.8 Å². The van der Waals surface area contributed by atoms with Gasteiger partial charge >= 0.3 is 0 Å². The molecule has 32 heavy (non-hydrogen) atoms. The van der Waals surface area contributed by atoms with Crippen LogP contribution in [-0.2, 0) is 6.54 Å². The smallest absolute Gasteiger partial charge is 0.213 e. The van der Waals surface area contributed by atoms with Gasteiger partial charge in [-0.25, -0.2) is 0 Å². The molecule has 4 heteroatoms. The molecule has 0 N–H and O–H groups in total. The van der Waals surface area contributed by atoms with Crippen molar-refractivity contribution in [3.8, 4) is 5.75 Å². The number of rotatable bonds is 6. The highest BCUT2D eigenvalue weighted by Crippen LogP contribution is 2.42. The van der Waals surface area contributed by atoms with Gasteiger partial charge < -0.3 is 14.1 Å². The lowest BCUT2D eigenvalue weighted by Crippen LogP contribution is -2.40. The summed E-state index contributed by atoms with van der Waals surface area (Å²) < 4.78 is 9.63. The molecule has 3 heterocycles. The summed E-state index contributed by atoms with van der Waals surface area (Å²) in [5, 5.41) is 1.30. The van der Waals surface area contributed by atoms with Gasteiger partial charge in [-0.1, -0.05) is 36.4 Å². The molecule has 2 aliphatic heterocycles. The summed E-state index contributed by atoms with van der Waals surface area (Å²) in [5.41, 5.74) is 5.01. The van der Waals surface area contributed by atoms with Crippen LogP contribution in [0.15, 0.2) is 78.3 Å². The number of ether oxygens (including phenoxy) is 1. The average molecular weight is 428 g/mol. The number of aromatic nitrogens is 1. The molecule has 164 valence electrons. The number of hydrogen-bond donors (Lipinski definition) is 0. The third-order valence-electron chi connectivity index (χ3n) is 6.36. The Morgan fingerprint density at radius 2 is 1.81 bits per heavy atom. The first kappa shape index (κ1) is 20.8. The zero-order chi connectivity index (χ0) is 22.1. The van der Waals surface area contributed by atoms with Gasteiger partial charge in [0.1, 0.15) is 0 Å². The van der Waals surface area contributed by atoms with Gasteiger partial charge in [-0.2, -0.15) is 4.57 Å². The fourth-order valence-electron chi connectivity index (χ4n) is 4.74. The van der Waals surface area contributed by atoms with E-state index in [1.165, 1.54) is 34.3 Å². The predicted molar refractivity (Wildman–Crippen MR) is 131 cm³/mol. The van der Waals surface area contributed by atoms with Crippen LogP contribution in [-0.4, -0.2) is 38.7 Å². The first-order valence-corrected chi connectivity index (χ1v) is 11.7. The number of benzene rings is 2. The number of para-hydroxylation sites is 3. The van der Waals surface area contributed by atoms with Crippen LogP contribution in [0.25, 0.3) is 17.0 Å². The van der Waals surface area contributed by atoms with Crippen LogP contribution in [0, 0.1) is 0 Å². The van der Waals surface area contributed by atoms with E-state index in [9.17, 15) is 0 Å². The Kier molecular flexibility index (Phi) is 5.48. The Morgan fingerprint density at radius 3 is 2.69 bits per heavy atom. The highest BCUT2D eigenvalue weighted by atomic mass is 16.5. The van der Waals surface area contributed by atoms with E-state index in [0.717, 1.165) is 48.5 Å². The normalized spacial score (nSPS) is 15.9. The SMILES string of the molecule is C[N+](C)(C)CCC[n+]1ccc(C=CC2=C3Oc4ccccc4N3CCC2)c2ccccc21. The summed E-state index contributed by atoms with van der Waals surface area (Å²) in [7, 11) is 6.77. The maximum Gasteiger partial charge on any atom is 0.213 e. The molecule has 0 radical (unpaired) electrons. The molecule has 3 aromatic rings. The molecule has 0 aliphatic carbocycles. The molecule has 2 aliphatic rings. The van der Waals surface area contributed by atoms with Crippen molar-refractivity contribution in [1.29, 1.82) is 0 Å². The van der Waals surface area contributed by atoms with Crippen LogP contribution in [0.5, 0.6) is 5.75 Å². The third-order valence-corrected chi connectivity index (χ3v) is 6.36. The van der Waals surface area contributed by atoms with Gasteiger partial charge in [-0.15, -0.1) is 0 Å². The van der Waals surface area contributed by atoms with Crippen molar-refractivity contribution in [2.24, 2.45) is 0 Å². The van der Waals surface area contributed by atoms with Crippen molar-refractivity contribution >= 4 is 22.7 Å². The van der Waals surface area contributed by atoms with E-state index in [0.29, 0.717) is 0 Å². The summed E-state index contributed by atoms with van der Waals surface area (Å²) in [6, 6.07) is 19.3. The Balaban J connectivity index is 1.43. The van der Waals surface area contributed by atoms with Crippen molar-refractivity contribution in [3.05, 3.63) is 83.9 Å². The van der Waals surface area contributed by atoms with E-state index in [-0.39, 0.29) is 0 Å². The monoisotopic (exact) mass is 427 g/mol. The Hall–Kier alpha value is -3.11. The minimum atomic E-state index is 0.968. The standard InChI is InChI=1S/C28H33N3O/c1-31(2,3)21-9-18-29-20-17-22(24-11-4-5-12-25(24)29)15-16-23-10-8-19-30-26-13-6-7-14-27(26)32-28(23)30/h4-7,11-17,20H,8-10,18-19,21H2,1-3H3/q+2. The van der Waals surface area contributed by atoms with E-state index < -0.39 is 0 Å². The lowest BCUT2D eigenvalue weighted by atomic mass is 10.0. The largest absolute Gasteiger partial charge is 0.438 e. The van der Waals surface area contributed by atoms with Crippen LogP contribution in [0.1, 0.15) is 24.8 Å². The van der Waals surface area contributed by atoms with Crippen molar-refractivity contribution in [3.63, 3.8) is 0 Å². The van der Waals surface area contributed by atoms with Crippen LogP contribution in [0.2, 0.25) is 0 Å². The summed E-state index contributed by atoms with van der Waals surface area (Å²) in [6.07, 6.45) is 10.1. The fraction of sp³-hybridized carbons (Fsp3) is 0.321. The minimum Gasteiger partial charge on any atom is -0.438 e. The van der Waals surface area contributed by atoms with Gasteiger partial charge in [0.2, 0.25) is 11.4 Å². The first-order valence-electron chi connectivity index (χ1n) is 11.7. The number of pyridine rings is 1. The number of quaternary nitrogens is 1. The number of aryl methyl sites for hydroxylation is 1. The van der Waals surface area contributed by atoms with Gasteiger partial charge in [0, 0.05) is 24.3 Å². The zero-order valence-corrected chi connectivity index (χ0v) is 19.4. The van der Waals surface area contributed by atoms with Crippen molar-refractivity contribution in [2.75, 3.05) is 39.1 Å². The second-order valence-electron chi connectivity index (χ2n) is 9.84. The molecule has 0 unspecified atom stereocenters. The van der Waals surface area contributed by atoms with Gasteiger partial charge in [-0.05, 0) is 36.6 Å². The number of allylic oxidation sites excluding steroid dienone is 2. The quantitative estimate of drug-likeness (QED) is 0.400. The van der Waals surface area contributed by atoms with E-state index in [1.54, 1.807) is 0 Å². The van der Waals surface area contributed by atoms with E-state index in [1.807, 2.05) is 6.07 Å². The number of hydrogen-bond acceptors (Lipinski definition) is 2.